The minimum atomic E-state index is 0.353. The summed E-state index contributed by atoms with van der Waals surface area (Å²) in [5, 5.41) is 0.863. The molecule has 0 aliphatic heterocycles. The predicted molar refractivity (Wildman–Crippen MR) is 84.9 cm³/mol. The Labute approximate surface area is 128 Å². The zero-order valence-corrected chi connectivity index (χ0v) is 12.9. The van der Waals surface area contributed by atoms with E-state index in [-0.39, 0.29) is 0 Å². The van der Waals surface area contributed by atoms with Crippen LogP contribution < -0.4 is 0 Å². The van der Waals surface area contributed by atoms with Gasteiger partial charge in [0, 0.05) is 4.47 Å². The summed E-state index contributed by atoms with van der Waals surface area (Å²) in [6.07, 6.45) is 0. The summed E-state index contributed by atoms with van der Waals surface area (Å²) in [5.41, 5.74) is 1.61. The molecule has 0 radical (unpaired) electrons. The third kappa shape index (κ3) is 2.29. The van der Waals surface area contributed by atoms with Crippen molar-refractivity contribution in [1.29, 1.82) is 0 Å². The molecule has 5 heteroatoms. The smallest absolute Gasteiger partial charge is 0.274 e. The van der Waals surface area contributed by atoms with E-state index in [9.17, 15) is 0 Å². The van der Waals surface area contributed by atoms with Crippen LogP contribution in [0, 0.1) is 9.48 Å². The Morgan fingerprint density at radius 1 is 1.00 bits per heavy atom. The molecule has 19 heavy (non-hydrogen) atoms. The summed E-state index contributed by atoms with van der Waals surface area (Å²) in [4.78, 5) is 0.353. The van der Waals surface area contributed by atoms with Gasteiger partial charge in [0.05, 0.1) is 11.1 Å². The van der Waals surface area contributed by atoms with E-state index in [1.54, 1.807) is 4.57 Å². The minimum absolute atomic E-state index is 0.353. The highest BCUT2D eigenvalue weighted by molar-refractivity contribution is 9.10. The van der Waals surface area contributed by atoms with Gasteiger partial charge in [-0.3, -0.25) is 4.57 Å². The summed E-state index contributed by atoms with van der Waals surface area (Å²) in [5.74, 6) is 0. The Morgan fingerprint density at radius 3 is 2.47 bits per heavy atom. The molecular weight excluding hydrogens is 342 g/mol. The predicted octanol–water partition coefficient (Wildman–Crippen LogP) is 5.44. The van der Waals surface area contributed by atoms with E-state index < -0.39 is 0 Å². The van der Waals surface area contributed by atoms with E-state index in [2.05, 4.69) is 15.9 Å². The second kappa shape index (κ2) is 5.00. The Hall–Kier alpha value is -1.30. The van der Waals surface area contributed by atoms with E-state index in [1.165, 1.54) is 0 Å². The van der Waals surface area contributed by atoms with Crippen LogP contribution >= 0.6 is 40.4 Å². The lowest BCUT2D eigenvalue weighted by atomic mass is 10.2. The van der Waals surface area contributed by atoms with Gasteiger partial charge in [0.25, 0.3) is 4.84 Å². The van der Waals surface area contributed by atoms with Crippen molar-refractivity contribution in [3.8, 4) is 5.69 Å². The molecule has 2 aromatic carbocycles. The molecule has 0 saturated heterocycles. The summed E-state index contributed by atoms with van der Waals surface area (Å²) < 4.78 is 9.04. The SMILES string of the molecule is S=c1oc2ccc(Br)cc2c(=S)n1-c1ccccc1. The van der Waals surface area contributed by atoms with Crippen LogP contribution in [0.25, 0.3) is 16.7 Å². The molecular formula is C14H8BrNOS2. The summed E-state index contributed by atoms with van der Waals surface area (Å²) >= 11 is 14.3. The Morgan fingerprint density at radius 2 is 1.74 bits per heavy atom. The van der Waals surface area contributed by atoms with Gasteiger partial charge in [0.1, 0.15) is 10.2 Å². The van der Waals surface area contributed by atoms with Crippen molar-refractivity contribution in [3.63, 3.8) is 0 Å². The summed E-state index contributed by atoms with van der Waals surface area (Å²) in [6, 6.07) is 15.4. The van der Waals surface area contributed by atoms with Crippen molar-refractivity contribution in [2.45, 2.75) is 0 Å². The van der Waals surface area contributed by atoms with Gasteiger partial charge in [-0.05, 0) is 42.5 Å². The van der Waals surface area contributed by atoms with Crippen LogP contribution in [-0.2, 0) is 0 Å². The van der Waals surface area contributed by atoms with Gasteiger partial charge in [-0.25, -0.2) is 0 Å². The molecule has 1 aromatic heterocycles. The van der Waals surface area contributed by atoms with E-state index in [0.29, 0.717) is 15.1 Å². The quantitative estimate of drug-likeness (QED) is 0.544. The fraction of sp³-hybridized carbons (Fsp3) is 0. The van der Waals surface area contributed by atoms with Crippen molar-refractivity contribution in [1.82, 2.24) is 4.57 Å². The first kappa shape index (κ1) is 12.7. The second-order valence-corrected chi connectivity index (χ2v) is 5.64. The number of hydrogen-bond donors (Lipinski definition) is 0. The highest BCUT2D eigenvalue weighted by atomic mass is 79.9. The molecule has 3 rings (SSSR count). The van der Waals surface area contributed by atoms with Crippen LogP contribution in [0.4, 0.5) is 0 Å². The molecule has 0 unspecified atom stereocenters. The van der Waals surface area contributed by atoms with Gasteiger partial charge in [-0.1, -0.05) is 46.3 Å². The van der Waals surface area contributed by atoms with Crippen molar-refractivity contribution in [3.05, 3.63) is 62.5 Å². The Bertz CT molecular complexity index is 868. The lowest BCUT2D eigenvalue weighted by molar-refractivity contribution is 0.537. The lowest BCUT2D eigenvalue weighted by Gasteiger charge is -2.08. The normalized spacial score (nSPS) is 10.8. The number of para-hydroxylation sites is 1. The average molecular weight is 350 g/mol. The molecule has 3 aromatic rings. The van der Waals surface area contributed by atoms with Crippen molar-refractivity contribution in [2.75, 3.05) is 0 Å². The average Bonchev–Trinajstić information content (AvgIpc) is 2.41. The fourth-order valence-corrected chi connectivity index (χ4v) is 2.95. The minimum Gasteiger partial charge on any atom is -0.431 e. The molecule has 0 amide bonds. The number of nitrogens with zero attached hydrogens (tertiary/aromatic N) is 1. The molecule has 1 heterocycles. The summed E-state index contributed by atoms with van der Waals surface area (Å²) in [6.45, 7) is 0. The third-order valence-electron chi connectivity index (χ3n) is 2.77. The first-order valence-corrected chi connectivity index (χ1v) is 7.18. The maximum Gasteiger partial charge on any atom is 0.274 e. The molecule has 0 spiro atoms. The number of halogens is 1. The molecule has 0 atom stereocenters. The van der Waals surface area contributed by atoms with E-state index >= 15 is 0 Å². The van der Waals surface area contributed by atoms with Crippen molar-refractivity contribution >= 4 is 51.3 Å². The topological polar surface area (TPSA) is 18.1 Å². The van der Waals surface area contributed by atoms with E-state index in [1.807, 2.05) is 48.5 Å². The standard InChI is InChI=1S/C14H8BrNOS2/c15-9-6-7-12-11(8-9)13(18)16(14(19)17-12)10-4-2-1-3-5-10/h1-8H. The third-order valence-corrected chi connectivity index (χ3v) is 3.93. The monoisotopic (exact) mass is 349 g/mol. The number of aromatic nitrogens is 1. The van der Waals surface area contributed by atoms with E-state index in [0.717, 1.165) is 15.5 Å². The van der Waals surface area contributed by atoms with Crippen LogP contribution in [0.2, 0.25) is 0 Å². The Kier molecular flexibility index (Phi) is 3.35. The van der Waals surface area contributed by atoms with Gasteiger partial charge in [0.15, 0.2) is 0 Å². The molecule has 94 valence electrons. The zero-order chi connectivity index (χ0) is 13.4. The highest BCUT2D eigenvalue weighted by Gasteiger charge is 2.06. The van der Waals surface area contributed by atoms with Crippen LogP contribution in [0.5, 0.6) is 0 Å². The highest BCUT2D eigenvalue weighted by Crippen LogP contribution is 2.23. The van der Waals surface area contributed by atoms with Crippen LogP contribution in [0.15, 0.2) is 57.4 Å². The number of hydrogen-bond acceptors (Lipinski definition) is 3. The van der Waals surface area contributed by atoms with Gasteiger partial charge >= 0.3 is 0 Å². The van der Waals surface area contributed by atoms with Crippen molar-refractivity contribution in [2.24, 2.45) is 0 Å². The van der Waals surface area contributed by atoms with Crippen LogP contribution in [0.1, 0.15) is 0 Å². The fourth-order valence-electron chi connectivity index (χ4n) is 1.90. The molecule has 2 nitrogen and oxygen atoms in total. The molecule has 0 saturated carbocycles. The zero-order valence-electron chi connectivity index (χ0n) is 9.67. The molecule has 0 bridgehead atoms. The molecule has 0 fully saturated rings. The van der Waals surface area contributed by atoms with Gasteiger partial charge in [0.2, 0.25) is 0 Å². The van der Waals surface area contributed by atoms with Gasteiger partial charge < -0.3 is 4.42 Å². The van der Waals surface area contributed by atoms with Crippen LogP contribution in [-0.4, -0.2) is 4.57 Å². The lowest BCUT2D eigenvalue weighted by Crippen LogP contribution is -1.99. The van der Waals surface area contributed by atoms with Gasteiger partial charge in [-0.2, -0.15) is 0 Å². The van der Waals surface area contributed by atoms with Gasteiger partial charge in [-0.15, -0.1) is 0 Å². The maximum atomic E-state index is 5.67. The number of benzene rings is 2. The summed E-state index contributed by atoms with van der Waals surface area (Å²) in [7, 11) is 0. The molecule has 0 aliphatic carbocycles. The number of fused-ring (bicyclic) bond motifs is 1. The molecule has 0 aliphatic rings. The van der Waals surface area contributed by atoms with Crippen molar-refractivity contribution < 1.29 is 4.42 Å². The number of rotatable bonds is 1. The largest absolute Gasteiger partial charge is 0.431 e. The van der Waals surface area contributed by atoms with E-state index in [4.69, 9.17) is 28.9 Å². The Balaban J connectivity index is 2.44. The first-order valence-electron chi connectivity index (χ1n) is 5.58. The van der Waals surface area contributed by atoms with Crippen LogP contribution in [0.3, 0.4) is 0 Å². The first-order chi connectivity index (χ1) is 9.16. The maximum absolute atomic E-state index is 5.67. The second-order valence-electron chi connectivity index (χ2n) is 3.98. The molecule has 0 N–H and O–H groups in total.